The summed E-state index contributed by atoms with van der Waals surface area (Å²) in [6, 6.07) is 10.9. The molecule has 3 rings (SSSR count). The molecule has 0 aromatic heterocycles. The predicted octanol–water partition coefficient (Wildman–Crippen LogP) is 5.06. The zero-order valence-corrected chi connectivity index (χ0v) is 16.8. The molecule has 2 aromatic rings. The molecule has 0 atom stereocenters. The van der Waals surface area contributed by atoms with Crippen LogP contribution in [0.3, 0.4) is 0 Å². The Morgan fingerprint density at radius 3 is 2.83 bits per heavy atom. The maximum atomic E-state index is 12.1. The van der Waals surface area contributed by atoms with Gasteiger partial charge in [0.2, 0.25) is 5.90 Å². The van der Waals surface area contributed by atoms with Crippen LogP contribution in [0, 0.1) is 3.57 Å². The first kappa shape index (κ1) is 17.4. The Labute approximate surface area is 165 Å². The van der Waals surface area contributed by atoms with Gasteiger partial charge in [0, 0.05) is 13.6 Å². The van der Waals surface area contributed by atoms with Crippen molar-refractivity contribution in [3.8, 4) is 5.75 Å². The molecule has 0 bridgehead atoms. The highest BCUT2D eigenvalue weighted by Gasteiger charge is 2.26. The minimum Gasteiger partial charge on any atom is -0.496 e. The number of methoxy groups -OCH3 is 1. The predicted molar refractivity (Wildman–Crippen MR) is 105 cm³/mol. The van der Waals surface area contributed by atoms with Gasteiger partial charge < -0.3 is 9.47 Å². The number of halogens is 3. The molecule has 2 aromatic carbocycles. The number of hydrogen-bond acceptors (Lipinski definition) is 4. The zero-order valence-electron chi connectivity index (χ0n) is 12.3. The summed E-state index contributed by atoms with van der Waals surface area (Å²) >= 11 is 11.7. The van der Waals surface area contributed by atoms with Gasteiger partial charge in [0.25, 0.3) is 0 Å². The number of benzene rings is 2. The summed E-state index contributed by atoms with van der Waals surface area (Å²) in [6.45, 7) is 0. The van der Waals surface area contributed by atoms with Gasteiger partial charge >= 0.3 is 5.97 Å². The summed E-state index contributed by atoms with van der Waals surface area (Å²) in [5.74, 6) is 0.306. The van der Waals surface area contributed by atoms with Gasteiger partial charge in [-0.1, -0.05) is 27.5 Å². The van der Waals surface area contributed by atoms with Crippen molar-refractivity contribution in [3.63, 3.8) is 0 Å². The van der Waals surface area contributed by atoms with Gasteiger partial charge in [0.1, 0.15) is 5.75 Å². The van der Waals surface area contributed by atoms with Crippen LogP contribution in [0.15, 0.2) is 51.6 Å². The first-order valence-electron chi connectivity index (χ1n) is 6.79. The standard InChI is InChI=1S/C17H10BrClINO3/c1-23-15-5-2-10(18)6-9(15)7-14-17(22)24-16(21-14)12-8-11(20)3-4-13(12)19/h2-8H,1H3/b14-7-. The van der Waals surface area contributed by atoms with E-state index in [2.05, 4.69) is 43.5 Å². The van der Waals surface area contributed by atoms with Crippen LogP contribution in [0.5, 0.6) is 5.75 Å². The van der Waals surface area contributed by atoms with Gasteiger partial charge in [-0.3, -0.25) is 0 Å². The molecular formula is C17H10BrClINO3. The SMILES string of the molecule is COc1ccc(Br)cc1/C=C1\N=C(c2cc(I)ccc2Cl)OC1=O. The second-order valence-electron chi connectivity index (χ2n) is 4.85. The molecule has 0 saturated carbocycles. The number of cyclic esters (lactones) is 1. The molecule has 122 valence electrons. The number of carbonyl (C=O) groups excluding carboxylic acids is 1. The third-order valence-corrected chi connectivity index (χ3v) is 4.76. The molecule has 0 amide bonds. The highest BCUT2D eigenvalue weighted by atomic mass is 127. The summed E-state index contributed by atoms with van der Waals surface area (Å²) in [5, 5.41) is 0.475. The first-order valence-corrected chi connectivity index (χ1v) is 9.04. The lowest BCUT2D eigenvalue weighted by Gasteiger charge is -2.04. The van der Waals surface area contributed by atoms with Crippen LogP contribution in [-0.2, 0) is 9.53 Å². The average molecular weight is 519 g/mol. The largest absolute Gasteiger partial charge is 0.496 e. The maximum absolute atomic E-state index is 12.1. The van der Waals surface area contributed by atoms with Crippen LogP contribution < -0.4 is 4.74 Å². The Morgan fingerprint density at radius 2 is 2.08 bits per heavy atom. The molecule has 4 nitrogen and oxygen atoms in total. The van der Waals surface area contributed by atoms with Gasteiger partial charge in [-0.15, -0.1) is 0 Å². The van der Waals surface area contributed by atoms with Gasteiger partial charge in [0.15, 0.2) is 5.70 Å². The van der Waals surface area contributed by atoms with Crippen molar-refractivity contribution in [2.45, 2.75) is 0 Å². The fraction of sp³-hybridized carbons (Fsp3) is 0.0588. The van der Waals surface area contributed by atoms with Crippen molar-refractivity contribution < 1.29 is 14.3 Å². The quantitative estimate of drug-likeness (QED) is 0.324. The Hall–Kier alpha value is -1.38. The summed E-state index contributed by atoms with van der Waals surface area (Å²) in [6.07, 6.45) is 1.63. The number of aliphatic imine (C=N–C) groups is 1. The number of esters is 1. The molecule has 1 heterocycles. The summed E-state index contributed by atoms with van der Waals surface area (Å²) in [4.78, 5) is 16.4. The van der Waals surface area contributed by atoms with E-state index in [1.54, 1.807) is 25.3 Å². The number of ether oxygens (including phenoxy) is 2. The summed E-state index contributed by atoms with van der Waals surface area (Å²) < 4.78 is 12.4. The van der Waals surface area contributed by atoms with E-state index in [1.165, 1.54) is 0 Å². The minimum absolute atomic E-state index is 0.191. The van der Waals surface area contributed by atoms with Crippen molar-refractivity contribution in [2.24, 2.45) is 4.99 Å². The van der Waals surface area contributed by atoms with E-state index >= 15 is 0 Å². The molecule has 24 heavy (non-hydrogen) atoms. The fourth-order valence-electron chi connectivity index (χ4n) is 2.15. The van der Waals surface area contributed by atoms with Gasteiger partial charge in [-0.05, 0) is 65.1 Å². The Morgan fingerprint density at radius 1 is 1.29 bits per heavy atom. The van der Waals surface area contributed by atoms with Crippen molar-refractivity contribution in [1.82, 2.24) is 0 Å². The number of hydrogen-bond donors (Lipinski definition) is 0. The molecule has 0 N–H and O–H groups in total. The molecule has 7 heteroatoms. The minimum atomic E-state index is -0.526. The van der Waals surface area contributed by atoms with E-state index in [0.29, 0.717) is 16.3 Å². The lowest BCUT2D eigenvalue weighted by Crippen LogP contribution is -2.06. The van der Waals surface area contributed by atoms with Gasteiger partial charge in [-0.25, -0.2) is 9.79 Å². The first-order chi connectivity index (χ1) is 11.5. The van der Waals surface area contributed by atoms with Crippen molar-refractivity contribution in [1.29, 1.82) is 0 Å². The fourth-order valence-corrected chi connectivity index (χ4v) is 3.22. The Bertz CT molecular complexity index is 895. The number of nitrogens with zero attached hydrogens (tertiary/aromatic N) is 1. The van der Waals surface area contributed by atoms with Crippen LogP contribution in [0.2, 0.25) is 5.02 Å². The molecule has 0 radical (unpaired) electrons. The van der Waals surface area contributed by atoms with Crippen LogP contribution in [0.1, 0.15) is 11.1 Å². The van der Waals surface area contributed by atoms with Crippen molar-refractivity contribution >= 4 is 68.1 Å². The lowest BCUT2D eigenvalue weighted by atomic mass is 10.1. The lowest BCUT2D eigenvalue weighted by molar-refractivity contribution is -0.129. The Kier molecular flexibility index (Phi) is 5.27. The topological polar surface area (TPSA) is 47.9 Å². The summed E-state index contributed by atoms with van der Waals surface area (Å²) in [7, 11) is 1.57. The van der Waals surface area contributed by atoms with E-state index in [-0.39, 0.29) is 11.6 Å². The van der Waals surface area contributed by atoms with E-state index < -0.39 is 5.97 Å². The monoisotopic (exact) mass is 517 g/mol. The van der Waals surface area contributed by atoms with Crippen molar-refractivity contribution in [3.05, 3.63) is 66.3 Å². The molecule has 0 fully saturated rings. The molecule has 0 saturated heterocycles. The van der Waals surface area contributed by atoms with Gasteiger partial charge in [-0.2, -0.15) is 0 Å². The summed E-state index contributed by atoms with van der Waals surface area (Å²) in [5.41, 5.74) is 1.50. The second-order valence-corrected chi connectivity index (χ2v) is 7.42. The Balaban J connectivity index is 2.03. The van der Waals surface area contributed by atoms with E-state index in [0.717, 1.165) is 13.6 Å². The van der Waals surface area contributed by atoms with Crippen molar-refractivity contribution in [2.75, 3.05) is 7.11 Å². The van der Waals surface area contributed by atoms with Crippen LogP contribution in [0.25, 0.3) is 6.08 Å². The normalized spacial score (nSPS) is 15.4. The molecule has 1 aliphatic heterocycles. The van der Waals surface area contributed by atoms with E-state index in [9.17, 15) is 4.79 Å². The average Bonchev–Trinajstić information content (AvgIpc) is 2.91. The zero-order chi connectivity index (χ0) is 17.3. The van der Waals surface area contributed by atoms with Crippen LogP contribution in [0.4, 0.5) is 0 Å². The highest BCUT2D eigenvalue weighted by Crippen LogP contribution is 2.29. The van der Waals surface area contributed by atoms with E-state index in [4.69, 9.17) is 21.1 Å². The molecule has 0 unspecified atom stereocenters. The number of carbonyl (C=O) groups is 1. The van der Waals surface area contributed by atoms with Gasteiger partial charge in [0.05, 0.1) is 17.7 Å². The third kappa shape index (κ3) is 3.65. The third-order valence-electron chi connectivity index (χ3n) is 3.26. The highest BCUT2D eigenvalue weighted by molar-refractivity contribution is 14.1. The van der Waals surface area contributed by atoms with Crippen LogP contribution in [-0.4, -0.2) is 19.0 Å². The molecule has 0 aliphatic carbocycles. The second kappa shape index (κ2) is 7.25. The maximum Gasteiger partial charge on any atom is 0.363 e. The molecule has 1 aliphatic rings. The molecular weight excluding hydrogens is 508 g/mol. The smallest absolute Gasteiger partial charge is 0.363 e. The molecule has 0 spiro atoms. The van der Waals surface area contributed by atoms with E-state index in [1.807, 2.05) is 24.3 Å². The van der Waals surface area contributed by atoms with Crippen LogP contribution >= 0.6 is 50.1 Å². The number of rotatable bonds is 3.